The summed E-state index contributed by atoms with van der Waals surface area (Å²) in [5.41, 5.74) is 1.59. The van der Waals surface area contributed by atoms with E-state index in [1.807, 2.05) is 22.7 Å². The van der Waals surface area contributed by atoms with Crippen LogP contribution in [0.1, 0.15) is 12.1 Å². The molecule has 2 heterocycles. The maximum atomic E-state index is 13.8. The number of hydrogen-bond acceptors (Lipinski definition) is 3. The van der Waals surface area contributed by atoms with Crippen molar-refractivity contribution in [2.24, 2.45) is 7.05 Å². The SMILES string of the molecule is Cn1cncc1CNC1CCN(c2ccc(F)cc2F)C1. The highest BCUT2D eigenvalue weighted by Crippen LogP contribution is 2.24. The number of halogens is 2. The van der Waals surface area contributed by atoms with Crippen molar-refractivity contribution >= 4 is 5.69 Å². The maximum absolute atomic E-state index is 13.8. The van der Waals surface area contributed by atoms with Gasteiger partial charge in [0.1, 0.15) is 11.6 Å². The van der Waals surface area contributed by atoms with Crippen LogP contribution in [0.4, 0.5) is 14.5 Å². The number of rotatable bonds is 4. The Balaban J connectivity index is 1.59. The monoisotopic (exact) mass is 292 g/mol. The van der Waals surface area contributed by atoms with Crippen LogP contribution in [-0.2, 0) is 13.6 Å². The van der Waals surface area contributed by atoms with Crippen LogP contribution in [0.15, 0.2) is 30.7 Å². The molecule has 112 valence electrons. The van der Waals surface area contributed by atoms with Gasteiger partial charge in [0.25, 0.3) is 0 Å². The zero-order chi connectivity index (χ0) is 14.8. The fraction of sp³-hybridized carbons (Fsp3) is 0.400. The van der Waals surface area contributed by atoms with E-state index in [1.165, 1.54) is 12.1 Å². The number of aryl methyl sites for hydroxylation is 1. The summed E-state index contributed by atoms with van der Waals surface area (Å²) in [4.78, 5) is 6.03. The average Bonchev–Trinajstić information content (AvgIpc) is 3.05. The van der Waals surface area contributed by atoms with Crippen molar-refractivity contribution in [3.8, 4) is 0 Å². The van der Waals surface area contributed by atoms with Gasteiger partial charge in [-0.15, -0.1) is 0 Å². The third-order valence-electron chi connectivity index (χ3n) is 3.93. The molecule has 6 heteroatoms. The zero-order valence-corrected chi connectivity index (χ0v) is 11.9. The summed E-state index contributed by atoms with van der Waals surface area (Å²) in [5, 5.41) is 3.46. The number of imidazole rings is 1. The highest BCUT2D eigenvalue weighted by molar-refractivity contribution is 5.49. The Morgan fingerprint density at radius 3 is 2.95 bits per heavy atom. The van der Waals surface area contributed by atoms with E-state index in [2.05, 4.69) is 10.3 Å². The Hall–Kier alpha value is -1.95. The average molecular weight is 292 g/mol. The second-order valence-electron chi connectivity index (χ2n) is 5.40. The first-order valence-corrected chi connectivity index (χ1v) is 7.02. The Kier molecular flexibility index (Phi) is 3.88. The van der Waals surface area contributed by atoms with E-state index in [-0.39, 0.29) is 0 Å². The van der Waals surface area contributed by atoms with Gasteiger partial charge < -0.3 is 14.8 Å². The van der Waals surface area contributed by atoms with Crippen molar-refractivity contribution in [2.75, 3.05) is 18.0 Å². The van der Waals surface area contributed by atoms with Crippen LogP contribution in [0.25, 0.3) is 0 Å². The molecule has 1 aromatic heterocycles. The molecule has 1 saturated heterocycles. The molecular formula is C15H18F2N4. The van der Waals surface area contributed by atoms with Gasteiger partial charge in [-0.25, -0.2) is 13.8 Å². The summed E-state index contributed by atoms with van der Waals surface area (Å²) in [6.45, 7) is 2.23. The molecule has 0 radical (unpaired) electrons. The van der Waals surface area contributed by atoms with E-state index >= 15 is 0 Å². The van der Waals surface area contributed by atoms with Crippen molar-refractivity contribution in [3.63, 3.8) is 0 Å². The van der Waals surface area contributed by atoms with Gasteiger partial charge in [0.15, 0.2) is 0 Å². The second-order valence-corrected chi connectivity index (χ2v) is 5.40. The molecule has 0 aliphatic carbocycles. The lowest BCUT2D eigenvalue weighted by Gasteiger charge is -2.19. The molecule has 0 amide bonds. The normalized spacial score (nSPS) is 18.4. The number of hydrogen-bond donors (Lipinski definition) is 1. The highest BCUT2D eigenvalue weighted by Gasteiger charge is 2.24. The highest BCUT2D eigenvalue weighted by atomic mass is 19.1. The van der Waals surface area contributed by atoms with Crippen LogP contribution < -0.4 is 10.2 Å². The lowest BCUT2D eigenvalue weighted by atomic mass is 10.2. The fourth-order valence-electron chi connectivity index (χ4n) is 2.69. The third kappa shape index (κ3) is 3.05. The van der Waals surface area contributed by atoms with Gasteiger partial charge >= 0.3 is 0 Å². The van der Waals surface area contributed by atoms with Crippen molar-refractivity contribution in [3.05, 3.63) is 48.1 Å². The van der Waals surface area contributed by atoms with Gasteiger partial charge in [0.05, 0.1) is 17.7 Å². The minimum atomic E-state index is -0.540. The molecule has 2 aromatic rings. The zero-order valence-electron chi connectivity index (χ0n) is 11.9. The van der Waals surface area contributed by atoms with Crippen LogP contribution in [0, 0.1) is 11.6 Å². The van der Waals surface area contributed by atoms with Crippen molar-refractivity contribution in [1.29, 1.82) is 0 Å². The van der Waals surface area contributed by atoms with Crippen LogP contribution in [0.3, 0.4) is 0 Å². The predicted molar refractivity (Wildman–Crippen MR) is 77.0 cm³/mol. The fourth-order valence-corrected chi connectivity index (χ4v) is 2.69. The Morgan fingerprint density at radius 2 is 2.24 bits per heavy atom. The number of nitrogens with zero attached hydrogens (tertiary/aromatic N) is 3. The lowest BCUT2D eigenvalue weighted by Crippen LogP contribution is -2.32. The Bertz CT molecular complexity index is 626. The summed E-state index contributed by atoms with van der Waals surface area (Å²) in [5.74, 6) is -1.04. The van der Waals surface area contributed by atoms with Gasteiger partial charge in [0, 0.05) is 45.0 Å². The van der Waals surface area contributed by atoms with E-state index in [0.717, 1.165) is 37.8 Å². The number of aromatic nitrogens is 2. The van der Waals surface area contributed by atoms with Gasteiger partial charge in [-0.05, 0) is 18.6 Å². The van der Waals surface area contributed by atoms with Crippen LogP contribution in [0.2, 0.25) is 0 Å². The van der Waals surface area contributed by atoms with Crippen molar-refractivity contribution < 1.29 is 8.78 Å². The van der Waals surface area contributed by atoms with E-state index in [1.54, 1.807) is 6.33 Å². The molecular weight excluding hydrogens is 274 g/mol. The molecule has 21 heavy (non-hydrogen) atoms. The number of nitrogens with one attached hydrogen (secondary N) is 1. The largest absolute Gasteiger partial charge is 0.368 e. The van der Waals surface area contributed by atoms with Crippen LogP contribution in [0.5, 0.6) is 0 Å². The Labute approximate surface area is 122 Å². The third-order valence-corrected chi connectivity index (χ3v) is 3.93. The van der Waals surface area contributed by atoms with E-state index < -0.39 is 11.6 Å². The summed E-state index contributed by atoms with van der Waals surface area (Å²) in [7, 11) is 1.96. The smallest absolute Gasteiger partial charge is 0.149 e. The minimum absolute atomic E-state index is 0.296. The first-order valence-electron chi connectivity index (χ1n) is 7.02. The summed E-state index contributed by atoms with van der Waals surface area (Å²) >= 11 is 0. The molecule has 1 fully saturated rings. The molecule has 1 unspecified atom stereocenters. The Morgan fingerprint density at radius 1 is 1.38 bits per heavy atom. The van der Waals surface area contributed by atoms with Gasteiger partial charge in [-0.2, -0.15) is 0 Å². The molecule has 3 rings (SSSR count). The van der Waals surface area contributed by atoms with Gasteiger partial charge in [0.2, 0.25) is 0 Å². The molecule has 0 spiro atoms. The van der Waals surface area contributed by atoms with E-state index in [9.17, 15) is 8.78 Å². The molecule has 1 aliphatic heterocycles. The van der Waals surface area contributed by atoms with Gasteiger partial charge in [-0.1, -0.05) is 0 Å². The lowest BCUT2D eigenvalue weighted by molar-refractivity contribution is 0.537. The van der Waals surface area contributed by atoms with Gasteiger partial charge in [-0.3, -0.25) is 0 Å². The predicted octanol–water partition coefficient (Wildman–Crippen LogP) is 2.07. The maximum Gasteiger partial charge on any atom is 0.149 e. The van der Waals surface area contributed by atoms with Crippen molar-refractivity contribution in [2.45, 2.75) is 19.0 Å². The topological polar surface area (TPSA) is 33.1 Å². The summed E-state index contributed by atoms with van der Waals surface area (Å²) in [6.07, 6.45) is 4.54. The quantitative estimate of drug-likeness (QED) is 0.936. The standard InChI is InChI=1S/C15H18F2N4/c1-20-10-18-7-13(20)8-19-12-4-5-21(9-12)15-3-2-11(16)6-14(15)17/h2-3,6-7,10,12,19H,4-5,8-9H2,1H3. The molecule has 0 bridgehead atoms. The van der Waals surface area contributed by atoms with E-state index in [0.29, 0.717) is 11.7 Å². The van der Waals surface area contributed by atoms with Crippen LogP contribution in [-0.4, -0.2) is 28.7 Å². The molecule has 1 aliphatic rings. The molecule has 4 nitrogen and oxygen atoms in total. The summed E-state index contributed by atoms with van der Waals surface area (Å²) < 4.78 is 28.7. The molecule has 1 atom stereocenters. The first-order chi connectivity index (χ1) is 10.1. The number of anilines is 1. The van der Waals surface area contributed by atoms with Crippen molar-refractivity contribution in [1.82, 2.24) is 14.9 Å². The number of benzene rings is 1. The molecule has 1 N–H and O–H groups in total. The van der Waals surface area contributed by atoms with Crippen LogP contribution >= 0.6 is 0 Å². The molecule has 1 aromatic carbocycles. The second kappa shape index (κ2) is 5.81. The minimum Gasteiger partial charge on any atom is -0.368 e. The van der Waals surface area contributed by atoms with E-state index in [4.69, 9.17) is 0 Å². The first kappa shape index (κ1) is 14.0. The summed E-state index contributed by atoms with van der Waals surface area (Å²) in [6, 6.07) is 4.04. The molecule has 0 saturated carbocycles.